The van der Waals surface area contributed by atoms with Crippen LogP contribution in [0.3, 0.4) is 0 Å². The smallest absolute Gasteiger partial charge is 0.0750 e. The lowest BCUT2D eigenvalue weighted by Crippen LogP contribution is -2.38. The molecule has 0 aliphatic rings. The van der Waals surface area contributed by atoms with Crippen LogP contribution in [-0.4, -0.2) is 31.8 Å². The third kappa shape index (κ3) is 6.58. The zero-order chi connectivity index (χ0) is 9.45. The quantitative estimate of drug-likeness (QED) is 0.560. The molecule has 0 heterocycles. The van der Waals surface area contributed by atoms with E-state index in [4.69, 9.17) is 10.5 Å². The molecule has 12 heavy (non-hydrogen) atoms. The van der Waals surface area contributed by atoms with Gasteiger partial charge >= 0.3 is 0 Å². The topological polar surface area (TPSA) is 47.3 Å². The van der Waals surface area contributed by atoms with E-state index in [-0.39, 0.29) is 5.60 Å². The van der Waals surface area contributed by atoms with E-state index in [2.05, 4.69) is 19.2 Å². The minimum absolute atomic E-state index is 0.0522. The minimum Gasteiger partial charge on any atom is -0.375 e. The van der Waals surface area contributed by atoms with E-state index < -0.39 is 0 Å². The molecule has 3 N–H and O–H groups in total. The van der Waals surface area contributed by atoms with Gasteiger partial charge in [0.2, 0.25) is 0 Å². The molecule has 3 heteroatoms. The predicted molar refractivity (Wildman–Crippen MR) is 52.2 cm³/mol. The molecule has 0 aromatic heterocycles. The number of hydrogen-bond acceptors (Lipinski definition) is 3. The number of nitrogens with two attached hydrogens (primary N) is 1. The highest BCUT2D eigenvalue weighted by molar-refractivity contribution is 4.71. The molecular weight excluding hydrogens is 152 g/mol. The molecule has 0 aliphatic heterocycles. The normalized spacial score (nSPS) is 12.0. The Labute approximate surface area is 75.7 Å². The van der Waals surface area contributed by atoms with Crippen LogP contribution >= 0.6 is 0 Å². The van der Waals surface area contributed by atoms with Gasteiger partial charge in [-0.1, -0.05) is 0 Å². The second-order valence-electron chi connectivity index (χ2n) is 3.51. The fourth-order valence-electron chi connectivity index (χ4n) is 1.06. The van der Waals surface area contributed by atoms with Gasteiger partial charge in [-0.2, -0.15) is 0 Å². The fraction of sp³-hybridized carbons (Fsp3) is 1.00. The van der Waals surface area contributed by atoms with Crippen molar-refractivity contribution < 1.29 is 4.74 Å². The Balaban J connectivity index is 3.33. The van der Waals surface area contributed by atoms with Crippen LogP contribution in [0, 0.1) is 0 Å². The lowest BCUT2D eigenvalue weighted by atomic mass is 10.1. The number of hydrogen-bond donors (Lipinski definition) is 2. The van der Waals surface area contributed by atoms with Crippen molar-refractivity contribution in [2.24, 2.45) is 5.73 Å². The molecule has 0 atom stereocenters. The highest BCUT2D eigenvalue weighted by Gasteiger charge is 2.15. The summed E-state index contributed by atoms with van der Waals surface area (Å²) in [6, 6.07) is 0. The van der Waals surface area contributed by atoms with Gasteiger partial charge in [0.05, 0.1) is 5.60 Å². The summed E-state index contributed by atoms with van der Waals surface area (Å²) in [5, 5.41) is 3.31. The lowest BCUT2D eigenvalue weighted by molar-refractivity contribution is -0.00863. The average Bonchev–Trinajstić information content (AvgIpc) is 1.98. The Bertz CT molecular complexity index is 105. The van der Waals surface area contributed by atoms with E-state index in [9.17, 15) is 0 Å². The van der Waals surface area contributed by atoms with Crippen LogP contribution < -0.4 is 11.1 Å². The first kappa shape index (κ1) is 11.9. The SMILES string of the molecule is CCOC(C)(C)CNCCCN. The molecule has 0 bridgehead atoms. The zero-order valence-electron chi connectivity index (χ0n) is 8.52. The molecule has 0 amide bonds. The van der Waals surface area contributed by atoms with Gasteiger partial charge in [0.15, 0.2) is 0 Å². The van der Waals surface area contributed by atoms with Gasteiger partial charge in [0.25, 0.3) is 0 Å². The van der Waals surface area contributed by atoms with Crippen LogP contribution in [0.5, 0.6) is 0 Å². The Morgan fingerprint density at radius 3 is 2.58 bits per heavy atom. The first-order valence-electron chi connectivity index (χ1n) is 4.67. The van der Waals surface area contributed by atoms with Crippen LogP contribution in [0.4, 0.5) is 0 Å². The highest BCUT2D eigenvalue weighted by atomic mass is 16.5. The second-order valence-corrected chi connectivity index (χ2v) is 3.51. The largest absolute Gasteiger partial charge is 0.375 e. The third-order valence-corrected chi connectivity index (χ3v) is 1.64. The third-order valence-electron chi connectivity index (χ3n) is 1.64. The summed E-state index contributed by atoms with van der Waals surface area (Å²) in [5.41, 5.74) is 5.31. The molecule has 0 radical (unpaired) electrons. The first-order chi connectivity index (χ1) is 5.62. The summed E-state index contributed by atoms with van der Waals surface area (Å²) in [4.78, 5) is 0. The van der Waals surface area contributed by atoms with Crippen molar-refractivity contribution in [1.82, 2.24) is 5.32 Å². The minimum atomic E-state index is -0.0522. The molecule has 0 aromatic carbocycles. The Hall–Kier alpha value is -0.120. The van der Waals surface area contributed by atoms with Crippen LogP contribution in [0.2, 0.25) is 0 Å². The molecule has 74 valence electrons. The Morgan fingerprint density at radius 1 is 1.42 bits per heavy atom. The van der Waals surface area contributed by atoms with Gasteiger partial charge in [0.1, 0.15) is 0 Å². The van der Waals surface area contributed by atoms with Crippen molar-refractivity contribution >= 4 is 0 Å². The molecule has 0 rings (SSSR count). The van der Waals surface area contributed by atoms with Crippen LogP contribution in [0.25, 0.3) is 0 Å². The average molecular weight is 174 g/mol. The number of nitrogens with one attached hydrogen (secondary N) is 1. The Kier molecular flexibility index (Phi) is 6.34. The van der Waals surface area contributed by atoms with Gasteiger partial charge in [-0.15, -0.1) is 0 Å². The van der Waals surface area contributed by atoms with E-state index in [1.807, 2.05) is 6.92 Å². The molecule has 0 aliphatic carbocycles. The predicted octanol–water partition coefficient (Wildman–Crippen LogP) is 0.740. The highest BCUT2D eigenvalue weighted by Crippen LogP contribution is 2.06. The van der Waals surface area contributed by atoms with Crippen LogP contribution in [-0.2, 0) is 4.74 Å². The van der Waals surface area contributed by atoms with Crippen molar-refractivity contribution in [3.05, 3.63) is 0 Å². The van der Waals surface area contributed by atoms with Crippen molar-refractivity contribution in [1.29, 1.82) is 0 Å². The Morgan fingerprint density at radius 2 is 2.08 bits per heavy atom. The summed E-state index contributed by atoms with van der Waals surface area (Å²) < 4.78 is 5.52. The molecule has 0 unspecified atom stereocenters. The maximum atomic E-state index is 5.52. The van der Waals surface area contributed by atoms with Gasteiger partial charge in [-0.25, -0.2) is 0 Å². The molecule has 0 aromatic rings. The van der Waals surface area contributed by atoms with Crippen molar-refractivity contribution in [2.45, 2.75) is 32.8 Å². The van der Waals surface area contributed by atoms with Crippen LogP contribution in [0.1, 0.15) is 27.2 Å². The molecule has 0 saturated carbocycles. The maximum absolute atomic E-state index is 5.52. The molecule has 0 spiro atoms. The summed E-state index contributed by atoms with van der Waals surface area (Å²) >= 11 is 0. The van der Waals surface area contributed by atoms with E-state index in [0.29, 0.717) is 0 Å². The summed E-state index contributed by atoms with van der Waals surface area (Å²) in [6.07, 6.45) is 1.03. The van der Waals surface area contributed by atoms with E-state index in [1.165, 1.54) is 0 Å². The summed E-state index contributed by atoms with van der Waals surface area (Å²) in [7, 11) is 0. The van der Waals surface area contributed by atoms with Gasteiger partial charge in [0, 0.05) is 13.2 Å². The molecule has 0 fully saturated rings. The summed E-state index contributed by atoms with van der Waals surface area (Å²) in [5.74, 6) is 0. The molecular formula is C9H22N2O. The fourth-order valence-corrected chi connectivity index (χ4v) is 1.06. The van der Waals surface area contributed by atoms with E-state index in [0.717, 1.165) is 32.7 Å². The van der Waals surface area contributed by atoms with E-state index >= 15 is 0 Å². The van der Waals surface area contributed by atoms with E-state index in [1.54, 1.807) is 0 Å². The lowest BCUT2D eigenvalue weighted by Gasteiger charge is -2.24. The molecule has 0 saturated heterocycles. The summed E-state index contributed by atoms with van der Waals surface area (Å²) in [6.45, 7) is 9.58. The maximum Gasteiger partial charge on any atom is 0.0750 e. The molecule has 3 nitrogen and oxygen atoms in total. The second kappa shape index (κ2) is 6.40. The van der Waals surface area contributed by atoms with Crippen molar-refractivity contribution in [3.8, 4) is 0 Å². The van der Waals surface area contributed by atoms with Crippen LogP contribution in [0.15, 0.2) is 0 Å². The van der Waals surface area contributed by atoms with Crippen molar-refractivity contribution in [2.75, 3.05) is 26.2 Å². The first-order valence-corrected chi connectivity index (χ1v) is 4.67. The van der Waals surface area contributed by atoms with Crippen molar-refractivity contribution in [3.63, 3.8) is 0 Å². The number of ether oxygens (including phenoxy) is 1. The van der Waals surface area contributed by atoms with Gasteiger partial charge < -0.3 is 15.8 Å². The monoisotopic (exact) mass is 174 g/mol. The van der Waals surface area contributed by atoms with Gasteiger partial charge in [-0.05, 0) is 40.3 Å². The number of rotatable bonds is 7. The van der Waals surface area contributed by atoms with Gasteiger partial charge in [-0.3, -0.25) is 0 Å². The zero-order valence-corrected chi connectivity index (χ0v) is 8.52. The standard InChI is InChI=1S/C9H22N2O/c1-4-12-9(2,3)8-11-7-5-6-10/h11H,4-8,10H2,1-3H3.